The lowest BCUT2D eigenvalue weighted by molar-refractivity contribution is 0.0329. The van der Waals surface area contributed by atoms with E-state index in [0.717, 1.165) is 12.2 Å². The molecule has 3 unspecified atom stereocenters. The van der Waals surface area contributed by atoms with Crippen LogP contribution in [0.1, 0.15) is 40.0 Å². The first kappa shape index (κ1) is 14.3. The first-order valence-electron chi connectivity index (χ1n) is 7.27. The van der Waals surface area contributed by atoms with Crippen molar-refractivity contribution in [2.24, 2.45) is 23.0 Å². The molecule has 0 spiro atoms. The molecule has 19 heavy (non-hydrogen) atoms. The molecule has 1 fully saturated rings. The van der Waals surface area contributed by atoms with Gasteiger partial charge in [-0.3, -0.25) is 4.98 Å². The molecular weight excluding hydrogens is 236 g/mol. The maximum absolute atomic E-state index is 6.14. The summed E-state index contributed by atoms with van der Waals surface area (Å²) in [5, 5.41) is 0. The largest absolute Gasteiger partial charge is 0.488 e. The van der Waals surface area contributed by atoms with Gasteiger partial charge in [0.25, 0.3) is 0 Å². The van der Waals surface area contributed by atoms with Crippen LogP contribution in [0.4, 0.5) is 0 Å². The monoisotopic (exact) mass is 262 g/mol. The van der Waals surface area contributed by atoms with E-state index in [1.165, 1.54) is 12.8 Å². The van der Waals surface area contributed by atoms with Gasteiger partial charge in [0, 0.05) is 12.1 Å². The van der Waals surface area contributed by atoms with Crippen molar-refractivity contribution in [1.29, 1.82) is 0 Å². The van der Waals surface area contributed by atoms with E-state index in [1.54, 1.807) is 12.4 Å². The summed E-state index contributed by atoms with van der Waals surface area (Å²) in [7, 11) is 0. The highest BCUT2D eigenvalue weighted by Gasteiger charge is 2.36. The fourth-order valence-corrected chi connectivity index (χ4v) is 2.98. The molecule has 0 bridgehead atoms. The third kappa shape index (κ3) is 3.69. The molecule has 1 aromatic rings. The zero-order valence-electron chi connectivity index (χ0n) is 12.3. The highest BCUT2D eigenvalue weighted by atomic mass is 16.5. The van der Waals surface area contributed by atoms with Gasteiger partial charge in [-0.15, -0.1) is 0 Å². The van der Waals surface area contributed by atoms with E-state index in [0.29, 0.717) is 23.8 Å². The van der Waals surface area contributed by atoms with Crippen LogP contribution in [-0.4, -0.2) is 17.6 Å². The molecule has 0 aliphatic heterocycles. The quantitative estimate of drug-likeness (QED) is 0.909. The second kappa shape index (κ2) is 5.91. The number of ether oxygens (including phenoxy) is 1. The Morgan fingerprint density at radius 2 is 2.16 bits per heavy atom. The van der Waals surface area contributed by atoms with Crippen molar-refractivity contribution >= 4 is 0 Å². The molecule has 1 aromatic heterocycles. The van der Waals surface area contributed by atoms with Crippen LogP contribution in [0.2, 0.25) is 0 Å². The zero-order chi connectivity index (χ0) is 13.9. The lowest BCUT2D eigenvalue weighted by Crippen LogP contribution is -2.41. The number of hydrogen-bond acceptors (Lipinski definition) is 3. The van der Waals surface area contributed by atoms with Crippen molar-refractivity contribution < 1.29 is 4.74 Å². The van der Waals surface area contributed by atoms with E-state index < -0.39 is 0 Å². The van der Waals surface area contributed by atoms with Crippen LogP contribution in [0.5, 0.6) is 5.75 Å². The van der Waals surface area contributed by atoms with Gasteiger partial charge in [-0.05, 0) is 49.3 Å². The van der Waals surface area contributed by atoms with Gasteiger partial charge < -0.3 is 10.5 Å². The molecule has 0 aromatic carbocycles. The van der Waals surface area contributed by atoms with Crippen LogP contribution < -0.4 is 10.5 Å². The molecule has 2 N–H and O–H groups in total. The fraction of sp³-hybridized carbons (Fsp3) is 0.688. The Bertz CT molecular complexity index is 385. The number of nitrogens with two attached hydrogens (primary N) is 1. The highest BCUT2D eigenvalue weighted by molar-refractivity contribution is 5.16. The number of nitrogens with zero attached hydrogens (tertiary/aromatic N) is 1. The van der Waals surface area contributed by atoms with Gasteiger partial charge in [-0.2, -0.15) is 0 Å². The summed E-state index contributed by atoms with van der Waals surface area (Å²) in [6.07, 6.45) is 7.31. The van der Waals surface area contributed by atoms with Crippen molar-refractivity contribution in [1.82, 2.24) is 4.98 Å². The van der Waals surface area contributed by atoms with Gasteiger partial charge in [-0.25, -0.2) is 0 Å². The smallest absolute Gasteiger partial charge is 0.138 e. The minimum atomic E-state index is 0.229. The third-order valence-corrected chi connectivity index (χ3v) is 4.38. The number of hydrogen-bond donors (Lipinski definition) is 1. The Labute approximate surface area is 116 Å². The lowest BCUT2D eigenvalue weighted by atomic mass is 9.68. The van der Waals surface area contributed by atoms with Gasteiger partial charge in [0.15, 0.2) is 0 Å². The van der Waals surface area contributed by atoms with E-state index in [2.05, 4.69) is 25.8 Å². The van der Waals surface area contributed by atoms with E-state index in [4.69, 9.17) is 10.5 Å². The number of pyridine rings is 1. The summed E-state index contributed by atoms with van der Waals surface area (Å²) in [5.74, 6) is 2.04. The van der Waals surface area contributed by atoms with Crippen molar-refractivity contribution in [3.63, 3.8) is 0 Å². The van der Waals surface area contributed by atoms with Gasteiger partial charge >= 0.3 is 0 Å². The van der Waals surface area contributed by atoms with Gasteiger partial charge in [0.05, 0.1) is 6.20 Å². The van der Waals surface area contributed by atoms with Crippen LogP contribution in [0.25, 0.3) is 0 Å². The minimum Gasteiger partial charge on any atom is -0.488 e. The first-order valence-corrected chi connectivity index (χ1v) is 7.27. The van der Waals surface area contributed by atoms with E-state index in [9.17, 15) is 0 Å². The molecule has 1 heterocycles. The molecule has 0 saturated heterocycles. The molecule has 3 heteroatoms. The van der Waals surface area contributed by atoms with E-state index >= 15 is 0 Å². The fourth-order valence-electron chi connectivity index (χ4n) is 2.98. The van der Waals surface area contributed by atoms with Crippen LogP contribution in [0.3, 0.4) is 0 Å². The second-order valence-electron chi connectivity index (χ2n) is 6.72. The summed E-state index contributed by atoms with van der Waals surface area (Å²) < 4.78 is 6.14. The van der Waals surface area contributed by atoms with E-state index in [1.807, 2.05) is 12.1 Å². The summed E-state index contributed by atoms with van der Waals surface area (Å²) >= 11 is 0. The molecule has 1 aliphatic rings. The molecule has 2 rings (SSSR count). The average molecular weight is 262 g/mol. The van der Waals surface area contributed by atoms with Crippen molar-refractivity contribution in [2.45, 2.75) is 46.1 Å². The highest BCUT2D eigenvalue weighted by Crippen LogP contribution is 2.40. The molecule has 1 saturated carbocycles. The van der Waals surface area contributed by atoms with Crippen LogP contribution >= 0.6 is 0 Å². The Hall–Kier alpha value is -1.09. The van der Waals surface area contributed by atoms with Crippen molar-refractivity contribution in [3.8, 4) is 5.75 Å². The third-order valence-electron chi connectivity index (χ3n) is 4.38. The molecule has 3 atom stereocenters. The van der Waals surface area contributed by atoms with Gasteiger partial charge in [0.1, 0.15) is 11.9 Å². The Kier molecular flexibility index (Phi) is 4.46. The molecule has 0 amide bonds. The number of rotatable bonds is 3. The summed E-state index contributed by atoms with van der Waals surface area (Å²) in [6.45, 7) is 7.67. The lowest BCUT2D eigenvalue weighted by Gasteiger charge is -2.41. The average Bonchev–Trinajstić information content (AvgIpc) is 2.39. The second-order valence-corrected chi connectivity index (χ2v) is 6.72. The Balaban J connectivity index is 2.06. The molecule has 106 valence electrons. The van der Waals surface area contributed by atoms with Crippen LogP contribution in [-0.2, 0) is 0 Å². The first-order chi connectivity index (χ1) is 9.00. The normalized spacial score (nSPS) is 28.1. The molecular formula is C16H26N2O. The van der Waals surface area contributed by atoms with Crippen molar-refractivity contribution in [2.75, 3.05) is 6.54 Å². The summed E-state index contributed by atoms with van der Waals surface area (Å²) in [6, 6.07) is 3.89. The predicted octanol–water partition coefficient (Wildman–Crippen LogP) is 3.25. The van der Waals surface area contributed by atoms with E-state index in [-0.39, 0.29) is 6.10 Å². The Morgan fingerprint density at radius 1 is 1.37 bits per heavy atom. The van der Waals surface area contributed by atoms with Gasteiger partial charge in [-0.1, -0.05) is 20.8 Å². The maximum Gasteiger partial charge on any atom is 0.138 e. The zero-order valence-corrected chi connectivity index (χ0v) is 12.3. The Morgan fingerprint density at radius 3 is 2.74 bits per heavy atom. The topological polar surface area (TPSA) is 48.1 Å². The molecule has 0 radical (unpaired) electrons. The predicted molar refractivity (Wildman–Crippen MR) is 78.0 cm³/mol. The van der Waals surface area contributed by atoms with Crippen molar-refractivity contribution in [3.05, 3.63) is 24.5 Å². The number of aromatic nitrogens is 1. The van der Waals surface area contributed by atoms with Gasteiger partial charge in [0.2, 0.25) is 0 Å². The minimum absolute atomic E-state index is 0.229. The maximum atomic E-state index is 6.14. The van der Waals surface area contributed by atoms with Crippen LogP contribution in [0, 0.1) is 17.3 Å². The SMILES string of the molecule is CC(C)(C)C1CCC(CN)C(Oc2cccnc2)C1. The molecule has 3 nitrogen and oxygen atoms in total. The summed E-state index contributed by atoms with van der Waals surface area (Å²) in [5.41, 5.74) is 6.25. The summed E-state index contributed by atoms with van der Waals surface area (Å²) in [4.78, 5) is 4.11. The van der Waals surface area contributed by atoms with Crippen LogP contribution in [0.15, 0.2) is 24.5 Å². The standard InChI is InChI=1S/C16H26N2O/c1-16(2,3)13-7-6-12(10-17)15(9-13)19-14-5-4-8-18-11-14/h4-5,8,11-13,15H,6-7,9-10,17H2,1-3H3. The molecule has 1 aliphatic carbocycles.